The second kappa shape index (κ2) is 5.38. The average molecular weight is 276 g/mol. The van der Waals surface area contributed by atoms with Crippen LogP contribution in [0, 0.1) is 11.8 Å². The van der Waals surface area contributed by atoms with Gasteiger partial charge in [-0.3, -0.25) is 4.79 Å². The number of amides is 1. The van der Waals surface area contributed by atoms with Crippen LogP contribution in [0.5, 0.6) is 0 Å². The quantitative estimate of drug-likeness (QED) is 0.838. The minimum absolute atomic E-state index is 0.00234. The zero-order chi connectivity index (χ0) is 13.2. The predicted octanol–water partition coefficient (Wildman–Crippen LogP) is 3.66. The Morgan fingerprint density at radius 1 is 1.26 bits per heavy atom. The van der Waals surface area contributed by atoms with E-state index in [0.29, 0.717) is 17.0 Å². The van der Waals surface area contributed by atoms with E-state index in [1.807, 2.05) is 24.3 Å². The SMILES string of the molecule is O=C(/C=C/c1ccccc1Cl)N[C@H]1C[C@@H]2CC[C@@H]1C2. The first-order chi connectivity index (χ1) is 9.22. The molecule has 100 valence electrons. The summed E-state index contributed by atoms with van der Waals surface area (Å²) in [7, 11) is 0. The Bertz CT molecular complexity index is 511. The number of nitrogens with one attached hydrogen (secondary N) is 1. The zero-order valence-corrected chi connectivity index (χ0v) is 11.6. The van der Waals surface area contributed by atoms with E-state index in [0.717, 1.165) is 17.9 Å². The van der Waals surface area contributed by atoms with Crippen molar-refractivity contribution in [1.29, 1.82) is 0 Å². The van der Waals surface area contributed by atoms with Gasteiger partial charge in [0.2, 0.25) is 5.91 Å². The standard InChI is InChI=1S/C16H18ClNO/c17-14-4-2-1-3-12(14)7-8-16(19)18-15-10-11-5-6-13(15)9-11/h1-4,7-8,11,13,15H,5-6,9-10H2,(H,18,19)/b8-7+/t11-,13-,15+/m1/s1. The molecule has 0 aromatic heterocycles. The Balaban J connectivity index is 1.58. The molecule has 3 atom stereocenters. The van der Waals surface area contributed by atoms with Crippen molar-refractivity contribution in [2.45, 2.75) is 31.7 Å². The molecule has 0 radical (unpaired) electrons. The normalized spacial score (nSPS) is 29.0. The van der Waals surface area contributed by atoms with Crippen LogP contribution >= 0.6 is 11.6 Å². The first-order valence-corrected chi connectivity index (χ1v) is 7.33. The molecule has 1 amide bonds. The van der Waals surface area contributed by atoms with Crippen molar-refractivity contribution in [1.82, 2.24) is 5.32 Å². The van der Waals surface area contributed by atoms with Crippen LogP contribution in [-0.2, 0) is 4.79 Å². The smallest absolute Gasteiger partial charge is 0.244 e. The summed E-state index contributed by atoms with van der Waals surface area (Å²) in [6.07, 6.45) is 8.48. The lowest BCUT2D eigenvalue weighted by atomic mass is 9.95. The molecule has 19 heavy (non-hydrogen) atoms. The van der Waals surface area contributed by atoms with Crippen molar-refractivity contribution in [3.8, 4) is 0 Å². The van der Waals surface area contributed by atoms with Crippen LogP contribution in [0.2, 0.25) is 5.02 Å². The van der Waals surface area contributed by atoms with Crippen LogP contribution in [0.3, 0.4) is 0 Å². The number of rotatable bonds is 3. The number of halogens is 1. The Hall–Kier alpha value is -1.28. The summed E-state index contributed by atoms with van der Waals surface area (Å²) in [5.41, 5.74) is 0.882. The molecule has 2 saturated carbocycles. The highest BCUT2D eigenvalue weighted by molar-refractivity contribution is 6.32. The summed E-state index contributed by atoms with van der Waals surface area (Å²) in [5, 5.41) is 3.80. The molecule has 0 spiro atoms. The van der Waals surface area contributed by atoms with Crippen molar-refractivity contribution >= 4 is 23.6 Å². The van der Waals surface area contributed by atoms with Crippen LogP contribution in [0.15, 0.2) is 30.3 Å². The maximum Gasteiger partial charge on any atom is 0.244 e. The van der Waals surface area contributed by atoms with Crippen LogP contribution in [0.1, 0.15) is 31.2 Å². The largest absolute Gasteiger partial charge is 0.350 e. The Kier molecular flexibility index (Phi) is 3.61. The van der Waals surface area contributed by atoms with Crippen molar-refractivity contribution < 1.29 is 4.79 Å². The number of carbonyl (C=O) groups excluding carboxylic acids is 1. The first kappa shape index (κ1) is 12.7. The van der Waals surface area contributed by atoms with E-state index in [1.54, 1.807) is 12.2 Å². The van der Waals surface area contributed by atoms with E-state index in [4.69, 9.17) is 11.6 Å². The summed E-state index contributed by atoms with van der Waals surface area (Å²) in [6, 6.07) is 7.93. The van der Waals surface area contributed by atoms with E-state index < -0.39 is 0 Å². The van der Waals surface area contributed by atoms with Gasteiger partial charge in [-0.05, 0) is 48.8 Å². The maximum atomic E-state index is 11.9. The van der Waals surface area contributed by atoms with E-state index >= 15 is 0 Å². The molecular formula is C16H18ClNO. The third kappa shape index (κ3) is 2.84. The highest BCUT2D eigenvalue weighted by Gasteiger charge is 2.39. The van der Waals surface area contributed by atoms with Gasteiger partial charge in [-0.15, -0.1) is 0 Å². The molecule has 0 aliphatic heterocycles. The van der Waals surface area contributed by atoms with Crippen molar-refractivity contribution in [3.05, 3.63) is 40.9 Å². The zero-order valence-electron chi connectivity index (χ0n) is 10.8. The van der Waals surface area contributed by atoms with Crippen LogP contribution < -0.4 is 5.32 Å². The van der Waals surface area contributed by atoms with Crippen molar-refractivity contribution in [3.63, 3.8) is 0 Å². The highest BCUT2D eigenvalue weighted by atomic mass is 35.5. The molecule has 3 heteroatoms. The molecule has 3 rings (SSSR count). The third-order valence-corrected chi connectivity index (χ3v) is 4.73. The summed E-state index contributed by atoms with van der Waals surface area (Å²) in [5.74, 6) is 1.56. The van der Waals surface area contributed by atoms with Gasteiger partial charge in [0.1, 0.15) is 0 Å². The molecule has 2 nitrogen and oxygen atoms in total. The molecule has 0 heterocycles. The molecule has 0 saturated heterocycles. The fourth-order valence-electron chi connectivity index (χ4n) is 3.43. The van der Waals surface area contributed by atoms with Crippen molar-refractivity contribution in [2.24, 2.45) is 11.8 Å². The summed E-state index contributed by atoms with van der Waals surface area (Å²) >= 11 is 6.05. The average Bonchev–Trinajstić information content (AvgIpc) is 3.00. The van der Waals surface area contributed by atoms with Gasteiger partial charge < -0.3 is 5.32 Å². The molecule has 2 bridgehead atoms. The summed E-state index contributed by atoms with van der Waals surface area (Å²) < 4.78 is 0. The van der Waals surface area contributed by atoms with Gasteiger partial charge >= 0.3 is 0 Å². The minimum atomic E-state index is -0.00234. The lowest BCUT2D eigenvalue weighted by molar-refractivity contribution is -0.117. The monoisotopic (exact) mass is 275 g/mol. The number of carbonyl (C=O) groups is 1. The predicted molar refractivity (Wildman–Crippen MR) is 77.9 cm³/mol. The van der Waals surface area contributed by atoms with Gasteiger partial charge in [-0.25, -0.2) is 0 Å². The highest BCUT2D eigenvalue weighted by Crippen LogP contribution is 2.44. The van der Waals surface area contributed by atoms with Gasteiger partial charge in [-0.1, -0.05) is 36.2 Å². The lowest BCUT2D eigenvalue weighted by Gasteiger charge is -2.22. The maximum absolute atomic E-state index is 11.9. The van der Waals surface area contributed by atoms with Crippen LogP contribution in [-0.4, -0.2) is 11.9 Å². The Morgan fingerprint density at radius 2 is 2.11 bits per heavy atom. The van der Waals surface area contributed by atoms with Gasteiger partial charge in [0.15, 0.2) is 0 Å². The molecule has 1 aromatic carbocycles. The Labute approximate surface area is 118 Å². The minimum Gasteiger partial charge on any atom is -0.350 e. The van der Waals surface area contributed by atoms with E-state index in [-0.39, 0.29) is 5.91 Å². The Morgan fingerprint density at radius 3 is 2.79 bits per heavy atom. The first-order valence-electron chi connectivity index (χ1n) is 6.95. The van der Waals surface area contributed by atoms with Gasteiger partial charge in [0.25, 0.3) is 0 Å². The van der Waals surface area contributed by atoms with Gasteiger partial charge in [0, 0.05) is 17.1 Å². The third-order valence-electron chi connectivity index (χ3n) is 4.39. The van der Waals surface area contributed by atoms with Gasteiger partial charge in [0.05, 0.1) is 0 Å². The molecule has 2 aliphatic carbocycles. The number of hydrogen-bond acceptors (Lipinski definition) is 1. The summed E-state index contributed by atoms with van der Waals surface area (Å²) in [4.78, 5) is 11.9. The van der Waals surface area contributed by atoms with E-state index in [1.165, 1.54) is 19.3 Å². The van der Waals surface area contributed by atoms with E-state index in [9.17, 15) is 4.79 Å². The number of fused-ring (bicyclic) bond motifs is 2. The van der Waals surface area contributed by atoms with E-state index in [2.05, 4.69) is 5.32 Å². The second-order valence-electron chi connectivity index (χ2n) is 5.64. The van der Waals surface area contributed by atoms with Crippen LogP contribution in [0.25, 0.3) is 6.08 Å². The fraction of sp³-hybridized carbons (Fsp3) is 0.438. The summed E-state index contributed by atoms with van der Waals surface area (Å²) in [6.45, 7) is 0. The second-order valence-corrected chi connectivity index (χ2v) is 6.05. The number of hydrogen-bond donors (Lipinski definition) is 1. The van der Waals surface area contributed by atoms with Crippen LogP contribution in [0.4, 0.5) is 0 Å². The fourth-order valence-corrected chi connectivity index (χ4v) is 3.63. The molecular weight excluding hydrogens is 258 g/mol. The molecule has 1 N–H and O–H groups in total. The molecule has 0 unspecified atom stereocenters. The van der Waals surface area contributed by atoms with Gasteiger partial charge in [-0.2, -0.15) is 0 Å². The van der Waals surface area contributed by atoms with Crippen molar-refractivity contribution in [2.75, 3.05) is 0 Å². The molecule has 1 aromatic rings. The lowest BCUT2D eigenvalue weighted by Crippen LogP contribution is -2.37. The number of benzene rings is 1. The molecule has 2 fully saturated rings. The topological polar surface area (TPSA) is 29.1 Å². The molecule has 2 aliphatic rings.